The summed E-state index contributed by atoms with van der Waals surface area (Å²) in [5, 5.41) is 10.7. The van der Waals surface area contributed by atoms with E-state index in [-0.39, 0.29) is 16.7 Å². The summed E-state index contributed by atoms with van der Waals surface area (Å²) in [6.45, 7) is -0.540. The van der Waals surface area contributed by atoms with Gasteiger partial charge in [0, 0.05) is 29.6 Å². The lowest BCUT2D eigenvalue weighted by Gasteiger charge is -2.22. The summed E-state index contributed by atoms with van der Waals surface area (Å²) >= 11 is 0. The maximum atomic E-state index is 14.4. The molecule has 0 radical (unpaired) electrons. The molecule has 0 spiro atoms. The zero-order chi connectivity index (χ0) is 22.6. The summed E-state index contributed by atoms with van der Waals surface area (Å²) in [4.78, 5) is 16.6. The number of aliphatic hydroxyl groups is 1. The standard InChI is InChI=1S/C22H16F5NO3/c23-16-6-7-17(18(24)10-16)19(20(29)14-4-2-8-28-11-14)21(30)31-12-13-3-1-5-15(9-13)22(25,26)27/h1-11,19-20,29H,12H2. The van der Waals surface area contributed by atoms with Gasteiger partial charge in [-0.1, -0.05) is 24.3 Å². The van der Waals surface area contributed by atoms with E-state index in [1.165, 1.54) is 30.6 Å². The van der Waals surface area contributed by atoms with E-state index >= 15 is 0 Å². The molecule has 3 aromatic rings. The molecule has 1 heterocycles. The third-order valence-corrected chi connectivity index (χ3v) is 4.53. The Labute approximate surface area is 173 Å². The van der Waals surface area contributed by atoms with Crippen LogP contribution in [0.25, 0.3) is 0 Å². The highest BCUT2D eigenvalue weighted by Crippen LogP contribution is 2.34. The van der Waals surface area contributed by atoms with Crippen molar-refractivity contribution >= 4 is 5.97 Å². The van der Waals surface area contributed by atoms with E-state index in [2.05, 4.69) is 4.98 Å². The number of nitrogens with zero attached hydrogens (tertiary/aromatic N) is 1. The molecule has 2 atom stereocenters. The van der Waals surface area contributed by atoms with E-state index < -0.39 is 48.0 Å². The average Bonchev–Trinajstić information content (AvgIpc) is 2.74. The Kier molecular flexibility index (Phi) is 6.65. The van der Waals surface area contributed by atoms with Crippen molar-refractivity contribution < 1.29 is 36.6 Å². The number of aromatic nitrogens is 1. The molecule has 0 saturated heterocycles. The molecule has 9 heteroatoms. The minimum absolute atomic E-state index is 0.0531. The van der Waals surface area contributed by atoms with Gasteiger partial charge >= 0.3 is 12.1 Å². The molecule has 0 aliphatic carbocycles. The number of ether oxygens (including phenoxy) is 1. The molecular formula is C22H16F5NO3. The highest BCUT2D eigenvalue weighted by Gasteiger charge is 2.34. The largest absolute Gasteiger partial charge is 0.460 e. The second-order valence-corrected chi connectivity index (χ2v) is 6.68. The van der Waals surface area contributed by atoms with Crippen LogP contribution in [0, 0.1) is 11.6 Å². The van der Waals surface area contributed by atoms with Gasteiger partial charge in [0.2, 0.25) is 0 Å². The van der Waals surface area contributed by atoms with Gasteiger partial charge in [-0.2, -0.15) is 13.2 Å². The van der Waals surface area contributed by atoms with Gasteiger partial charge < -0.3 is 9.84 Å². The van der Waals surface area contributed by atoms with E-state index in [9.17, 15) is 31.9 Å². The minimum atomic E-state index is -4.57. The van der Waals surface area contributed by atoms with Gasteiger partial charge in [0.1, 0.15) is 24.2 Å². The maximum absolute atomic E-state index is 14.4. The predicted molar refractivity (Wildman–Crippen MR) is 99.5 cm³/mol. The molecule has 2 aromatic carbocycles. The van der Waals surface area contributed by atoms with Gasteiger partial charge in [0.25, 0.3) is 0 Å². The van der Waals surface area contributed by atoms with Crippen molar-refractivity contribution in [1.82, 2.24) is 4.98 Å². The van der Waals surface area contributed by atoms with Crippen LogP contribution in [0.5, 0.6) is 0 Å². The molecular weight excluding hydrogens is 421 g/mol. The monoisotopic (exact) mass is 437 g/mol. The van der Waals surface area contributed by atoms with Crippen molar-refractivity contribution in [3.63, 3.8) is 0 Å². The molecule has 162 valence electrons. The zero-order valence-corrected chi connectivity index (χ0v) is 15.8. The molecule has 3 rings (SSSR count). The highest BCUT2D eigenvalue weighted by atomic mass is 19.4. The number of carbonyl (C=O) groups excluding carboxylic acids is 1. The smallest absolute Gasteiger partial charge is 0.416 e. The number of aliphatic hydroxyl groups excluding tert-OH is 1. The van der Waals surface area contributed by atoms with Gasteiger partial charge in [-0.3, -0.25) is 9.78 Å². The number of carbonyl (C=O) groups is 1. The second kappa shape index (κ2) is 9.22. The van der Waals surface area contributed by atoms with E-state index in [4.69, 9.17) is 4.74 Å². The molecule has 0 bridgehead atoms. The van der Waals surface area contributed by atoms with Crippen molar-refractivity contribution in [3.8, 4) is 0 Å². The zero-order valence-electron chi connectivity index (χ0n) is 15.8. The number of pyridine rings is 1. The van der Waals surface area contributed by atoms with Crippen LogP contribution in [-0.4, -0.2) is 16.1 Å². The fourth-order valence-electron chi connectivity index (χ4n) is 3.00. The first-order chi connectivity index (χ1) is 14.7. The van der Waals surface area contributed by atoms with Crippen LogP contribution in [0.2, 0.25) is 0 Å². The Bertz CT molecular complexity index is 1060. The third kappa shape index (κ3) is 5.43. The quantitative estimate of drug-likeness (QED) is 0.439. The number of alkyl halides is 3. The maximum Gasteiger partial charge on any atom is 0.416 e. The van der Waals surface area contributed by atoms with Crippen molar-refractivity contribution in [3.05, 3.63) is 101 Å². The van der Waals surface area contributed by atoms with E-state index in [1.807, 2.05) is 0 Å². The first-order valence-corrected chi connectivity index (χ1v) is 9.02. The summed E-state index contributed by atoms with van der Waals surface area (Å²) < 4.78 is 71.4. The summed E-state index contributed by atoms with van der Waals surface area (Å²) in [6, 6.07) is 9.59. The van der Waals surface area contributed by atoms with Gasteiger partial charge in [-0.25, -0.2) is 8.78 Å². The normalized spacial score (nSPS) is 13.5. The molecule has 1 N–H and O–H groups in total. The first kappa shape index (κ1) is 22.4. The van der Waals surface area contributed by atoms with Crippen LogP contribution in [0.1, 0.15) is 34.3 Å². The van der Waals surface area contributed by atoms with Gasteiger partial charge in [0.05, 0.1) is 11.7 Å². The summed E-state index contributed by atoms with van der Waals surface area (Å²) in [5.74, 6) is -4.66. The number of hydrogen-bond acceptors (Lipinski definition) is 4. The Morgan fingerprint density at radius 2 is 1.84 bits per heavy atom. The van der Waals surface area contributed by atoms with Crippen LogP contribution in [-0.2, 0) is 22.3 Å². The lowest BCUT2D eigenvalue weighted by molar-refractivity contribution is -0.150. The van der Waals surface area contributed by atoms with Crippen molar-refractivity contribution in [2.24, 2.45) is 0 Å². The minimum Gasteiger partial charge on any atom is -0.460 e. The van der Waals surface area contributed by atoms with Crippen molar-refractivity contribution in [2.75, 3.05) is 0 Å². The van der Waals surface area contributed by atoms with Crippen LogP contribution >= 0.6 is 0 Å². The van der Waals surface area contributed by atoms with Gasteiger partial charge in [0.15, 0.2) is 0 Å². The molecule has 31 heavy (non-hydrogen) atoms. The molecule has 0 aliphatic rings. The second-order valence-electron chi connectivity index (χ2n) is 6.68. The van der Waals surface area contributed by atoms with Gasteiger partial charge in [-0.05, 0) is 29.8 Å². The average molecular weight is 437 g/mol. The number of hydrogen-bond donors (Lipinski definition) is 1. The summed E-state index contributed by atoms with van der Waals surface area (Å²) in [6.07, 6.45) is -3.48. The van der Waals surface area contributed by atoms with E-state index in [0.29, 0.717) is 6.07 Å². The van der Waals surface area contributed by atoms with Crippen molar-refractivity contribution in [2.45, 2.75) is 24.8 Å². The number of esters is 1. The summed E-state index contributed by atoms with van der Waals surface area (Å²) in [7, 11) is 0. The van der Waals surface area contributed by atoms with Crippen molar-refractivity contribution in [1.29, 1.82) is 0 Å². The topological polar surface area (TPSA) is 59.4 Å². The molecule has 0 aliphatic heterocycles. The fraction of sp³-hybridized carbons (Fsp3) is 0.182. The van der Waals surface area contributed by atoms with Gasteiger partial charge in [-0.15, -0.1) is 0 Å². The van der Waals surface area contributed by atoms with E-state index in [1.54, 1.807) is 0 Å². The Morgan fingerprint density at radius 1 is 1.06 bits per heavy atom. The Morgan fingerprint density at radius 3 is 2.48 bits per heavy atom. The molecule has 4 nitrogen and oxygen atoms in total. The SMILES string of the molecule is O=C(OCc1cccc(C(F)(F)F)c1)C(c1ccc(F)cc1F)C(O)c1cccnc1. The number of rotatable bonds is 6. The lowest BCUT2D eigenvalue weighted by atomic mass is 9.89. The predicted octanol–water partition coefficient (Wildman–Crippen LogP) is 4.94. The number of benzene rings is 2. The molecule has 0 fully saturated rings. The Balaban J connectivity index is 1.88. The lowest BCUT2D eigenvalue weighted by Crippen LogP contribution is -2.24. The highest BCUT2D eigenvalue weighted by molar-refractivity contribution is 5.79. The molecule has 0 saturated carbocycles. The molecule has 1 aromatic heterocycles. The Hall–Kier alpha value is -3.33. The number of halogens is 5. The molecule has 2 unspecified atom stereocenters. The van der Waals surface area contributed by atoms with Crippen LogP contribution in [0.3, 0.4) is 0 Å². The van der Waals surface area contributed by atoms with Crippen LogP contribution < -0.4 is 0 Å². The fourth-order valence-corrected chi connectivity index (χ4v) is 3.00. The molecule has 0 amide bonds. The van der Waals surface area contributed by atoms with Crippen LogP contribution in [0.4, 0.5) is 22.0 Å². The van der Waals surface area contributed by atoms with Crippen LogP contribution in [0.15, 0.2) is 67.0 Å². The third-order valence-electron chi connectivity index (χ3n) is 4.53. The van der Waals surface area contributed by atoms with E-state index in [0.717, 1.165) is 30.3 Å². The summed E-state index contributed by atoms with van der Waals surface area (Å²) in [5.41, 5.74) is -1.02. The first-order valence-electron chi connectivity index (χ1n) is 9.02.